The molecule has 230 valence electrons. The molecule has 0 bridgehead atoms. The summed E-state index contributed by atoms with van der Waals surface area (Å²) < 4.78 is 46.3. The summed E-state index contributed by atoms with van der Waals surface area (Å²) in [4.78, 5) is 36.2. The molecule has 0 spiro atoms. The molecule has 2 aromatic rings. The van der Waals surface area contributed by atoms with Gasteiger partial charge in [-0.25, -0.2) is 9.78 Å². The number of nitrogens with one attached hydrogen (secondary N) is 1. The summed E-state index contributed by atoms with van der Waals surface area (Å²) in [6.07, 6.45) is -1.66. The molecule has 42 heavy (non-hydrogen) atoms. The number of hydrogen-bond acceptors (Lipinski definition) is 7. The maximum atomic E-state index is 13.6. The van der Waals surface area contributed by atoms with Crippen LogP contribution in [0, 0.1) is 5.92 Å². The third-order valence-electron chi connectivity index (χ3n) is 8.37. The Morgan fingerprint density at radius 2 is 1.71 bits per heavy atom. The second kappa shape index (κ2) is 12.5. The maximum Gasteiger partial charge on any atom is 0.433 e. The number of hydrogen-bond donors (Lipinski definition) is 1. The number of carbonyl (C=O) groups excluding carboxylic acids is 2. The van der Waals surface area contributed by atoms with Gasteiger partial charge in [0.15, 0.2) is 0 Å². The number of alkyl halides is 3. The zero-order valence-electron chi connectivity index (χ0n) is 24.5. The van der Waals surface area contributed by atoms with Crippen LogP contribution < -0.4 is 10.2 Å². The van der Waals surface area contributed by atoms with Gasteiger partial charge in [0.1, 0.15) is 17.3 Å². The quantitative estimate of drug-likeness (QED) is 0.491. The number of thioether (sulfide) groups is 1. The molecule has 2 aliphatic heterocycles. The van der Waals surface area contributed by atoms with E-state index in [0.717, 1.165) is 49.9 Å². The SMILES string of the molecule is CC(C)(C)OC(=O)N[C@H](C(=O)N1CCSC1)C1CCC(N2CCN(c3cc(C(F)(F)F)nc4ccccc34)CC2)CC1. The predicted molar refractivity (Wildman–Crippen MR) is 158 cm³/mol. The molecule has 0 radical (unpaired) electrons. The lowest BCUT2D eigenvalue weighted by molar-refractivity contribution is -0.141. The Hall–Kier alpha value is -2.73. The van der Waals surface area contributed by atoms with Crippen molar-refractivity contribution in [2.45, 2.75) is 70.3 Å². The van der Waals surface area contributed by atoms with E-state index < -0.39 is 29.6 Å². The fourth-order valence-corrected chi connectivity index (χ4v) is 7.25. The second-order valence-corrected chi connectivity index (χ2v) is 13.5. The van der Waals surface area contributed by atoms with E-state index in [9.17, 15) is 22.8 Å². The van der Waals surface area contributed by atoms with Crippen LogP contribution in [-0.2, 0) is 15.7 Å². The van der Waals surface area contributed by atoms with Crippen LogP contribution in [0.25, 0.3) is 10.9 Å². The predicted octanol–water partition coefficient (Wildman–Crippen LogP) is 5.36. The van der Waals surface area contributed by atoms with Gasteiger partial charge in [-0.15, -0.1) is 11.8 Å². The molecule has 12 heteroatoms. The highest BCUT2D eigenvalue weighted by Crippen LogP contribution is 2.36. The van der Waals surface area contributed by atoms with Gasteiger partial charge in [-0.1, -0.05) is 18.2 Å². The minimum atomic E-state index is -4.51. The van der Waals surface area contributed by atoms with E-state index in [0.29, 0.717) is 42.8 Å². The first kappa shape index (κ1) is 30.7. The molecule has 0 unspecified atom stereocenters. The Kier molecular flexibility index (Phi) is 9.13. The number of carbonyl (C=O) groups is 2. The number of benzene rings is 1. The molecule has 3 fully saturated rings. The normalized spacial score (nSPS) is 23.2. The van der Waals surface area contributed by atoms with Gasteiger partial charge >= 0.3 is 12.3 Å². The summed E-state index contributed by atoms with van der Waals surface area (Å²) in [5.41, 5.74) is -0.600. The van der Waals surface area contributed by atoms with E-state index in [1.54, 1.807) is 44.7 Å². The number of piperazine rings is 1. The summed E-state index contributed by atoms with van der Waals surface area (Å²) in [7, 11) is 0. The summed E-state index contributed by atoms with van der Waals surface area (Å²) in [6.45, 7) is 8.84. The molecule has 2 saturated heterocycles. The number of halogens is 3. The Bertz CT molecular complexity index is 1270. The number of amides is 2. The minimum absolute atomic E-state index is 0.0251. The van der Waals surface area contributed by atoms with Crippen molar-refractivity contribution >= 4 is 40.4 Å². The van der Waals surface area contributed by atoms with Crippen molar-refractivity contribution in [3.05, 3.63) is 36.0 Å². The van der Waals surface area contributed by atoms with Crippen molar-refractivity contribution < 1.29 is 27.5 Å². The highest BCUT2D eigenvalue weighted by molar-refractivity contribution is 7.99. The number of pyridine rings is 1. The summed E-state index contributed by atoms with van der Waals surface area (Å²) in [6, 6.07) is 7.89. The summed E-state index contributed by atoms with van der Waals surface area (Å²) >= 11 is 1.71. The van der Waals surface area contributed by atoms with Crippen molar-refractivity contribution in [3.63, 3.8) is 0 Å². The average molecular weight is 608 g/mol. The fraction of sp³-hybridized carbons (Fsp3) is 0.633. The molecular weight excluding hydrogens is 567 g/mol. The van der Waals surface area contributed by atoms with Crippen LogP contribution in [0.5, 0.6) is 0 Å². The van der Waals surface area contributed by atoms with E-state index in [2.05, 4.69) is 15.2 Å². The van der Waals surface area contributed by atoms with E-state index in [4.69, 9.17) is 4.74 Å². The molecular formula is C30H40F3N5O3S. The second-order valence-electron chi connectivity index (χ2n) is 12.4. The van der Waals surface area contributed by atoms with E-state index >= 15 is 0 Å². The number of aromatic nitrogens is 1. The van der Waals surface area contributed by atoms with E-state index in [-0.39, 0.29) is 11.8 Å². The molecule has 3 heterocycles. The van der Waals surface area contributed by atoms with Gasteiger partial charge < -0.3 is 19.9 Å². The van der Waals surface area contributed by atoms with Crippen molar-refractivity contribution in [2.75, 3.05) is 49.3 Å². The zero-order chi connectivity index (χ0) is 30.1. The fourth-order valence-electron chi connectivity index (χ4n) is 6.29. The van der Waals surface area contributed by atoms with Crippen LogP contribution in [-0.4, -0.2) is 88.8 Å². The Morgan fingerprint density at radius 1 is 1.02 bits per heavy atom. The highest BCUT2D eigenvalue weighted by Gasteiger charge is 2.39. The molecule has 1 N–H and O–H groups in total. The number of para-hydroxylation sites is 1. The lowest BCUT2D eigenvalue weighted by atomic mass is 9.80. The van der Waals surface area contributed by atoms with Crippen LogP contribution in [0.3, 0.4) is 0 Å². The van der Waals surface area contributed by atoms with Gasteiger partial charge in [0, 0.05) is 55.6 Å². The molecule has 1 saturated carbocycles. The smallest absolute Gasteiger partial charge is 0.433 e. The lowest BCUT2D eigenvalue weighted by Crippen LogP contribution is -2.55. The van der Waals surface area contributed by atoms with Gasteiger partial charge in [-0.05, 0) is 64.5 Å². The molecule has 1 aromatic carbocycles. The number of ether oxygens (including phenoxy) is 1. The van der Waals surface area contributed by atoms with Crippen LogP contribution in [0.15, 0.2) is 30.3 Å². The first-order valence-electron chi connectivity index (χ1n) is 14.7. The lowest BCUT2D eigenvalue weighted by Gasteiger charge is -2.44. The van der Waals surface area contributed by atoms with Crippen LogP contribution in [0.2, 0.25) is 0 Å². The van der Waals surface area contributed by atoms with Gasteiger partial charge in [0.2, 0.25) is 5.91 Å². The largest absolute Gasteiger partial charge is 0.444 e. The van der Waals surface area contributed by atoms with Crippen LogP contribution in [0.4, 0.5) is 23.7 Å². The Labute approximate surface area is 249 Å². The van der Waals surface area contributed by atoms with Crippen molar-refractivity contribution in [1.29, 1.82) is 0 Å². The van der Waals surface area contributed by atoms with Gasteiger partial charge in [0.25, 0.3) is 0 Å². The molecule has 8 nitrogen and oxygen atoms in total. The third kappa shape index (κ3) is 7.24. The zero-order valence-corrected chi connectivity index (χ0v) is 25.3. The number of fused-ring (bicyclic) bond motifs is 1. The first-order chi connectivity index (χ1) is 19.9. The molecule has 1 aliphatic carbocycles. The average Bonchev–Trinajstić information content (AvgIpc) is 3.49. The standard InChI is InChI=1S/C30H40F3N5O3S/c1-29(2,3)41-28(40)35-26(27(39)38-16-17-42-19-38)20-8-10-21(11-9-20)36-12-14-37(15-13-36)24-18-25(30(31,32)33)34-23-7-5-4-6-22(23)24/h4-7,18,20-21,26H,8-17,19H2,1-3H3,(H,35,40)/t20?,21?,26-/m0/s1. The van der Waals surface area contributed by atoms with Gasteiger partial charge in [-0.3, -0.25) is 9.69 Å². The van der Waals surface area contributed by atoms with Crippen molar-refractivity contribution in [3.8, 4) is 0 Å². The molecule has 1 aromatic heterocycles. The molecule has 3 aliphatic rings. The molecule has 1 atom stereocenters. The number of nitrogens with zero attached hydrogens (tertiary/aromatic N) is 4. The Morgan fingerprint density at radius 3 is 2.33 bits per heavy atom. The van der Waals surface area contributed by atoms with Crippen LogP contribution in [0.1, 0.15) is 52.1 Å². The Balaban J connectivity index is 1.21. The van der Waals surface area contributed by atoms with Crippen LogP contribution >= 0.6 is 11.8 Å². The maximum absolute atomic E-state index is 13.6. The summed E-state index contributed by atoms with van der Waals surface area (Å²) in [5.74, 6) is 1.53. The minimum Gasteiger partial charge on any atom is -0.444 e. The summed E-state index contributed by atoms with van der Waals surface area (Å²) in [5, 5.41) is 3.63. The number of rotatable bonds is 5. The third-order valence-corrected chi connectivity index (χ3v) is 9.34. The monoisotopic (exact) mass is 607 g/mol. The number of anilines is 1. The molecule has 5 rings (SSSR count). The van der Waals surface area contributed by atoms with Gasteiger partial charge in [-0.2, -0.15) is 13.2 Å². The van der Waals surface area contributed by atoms with Crippen molar-refractivity contribution in [2.24, 2.45) is 5.92 Å². The van der Waals surface area contributed by atoms with E-state index in [1.165, 1.54) is 6.07 Å². The topological polar surface area (TPSA) is 78.0 Å². The molecule has 2 amide bonds. The first-order valence-corrected chi connectivity index (χ1v) is 15.9. The number of alkyl carbamates (subject to hydrolysis) is 1. The van der Waals surface area contributed by atoms with E-state index in [1.807, 2.05) is 21.9 Å². The van der Waals surface area contributed by atoms with Crippen molar-refractivity contribution in [1.82, 2.24) is 20.1 Å². The van der Waals surface area contributed by atoms with Gasteiger partial charge in [0.05, 0.1) is 11.4 Å². The highest BCUT2D eigenvalue weighted by atomic mass is 32.2.